The first kappa shape index (κ1) is 25.8. The van der Waals surface area contributed by atoms with Gasteiger partial charge in [-0.1, -0.05) is 37.6 Å². The third-order valence-corrected chi connectivity index (χ3v) is 5.42. The van der Waals surface area contributed by atoms with E-state index < -0.39 is 0 Å². The molecule has 0 saturated carbocycles. The lowest BCUT2D eigenvalue weighted by Gasteiger charge is -2.17. The topological polar surface area (TPSA) is 78.9 Å². The van der Waals surface area contributed by atoms with Gasteiger partial charge in [0.1, 0.15) is 18.5 Å². The zero-order valence-corrected chi connectivity index (χ0v) is 19.4. The van der Waals surface area contributed by atoms with Crippen molar-refractivity contribution in [2.45, 2.75) is 84.3 Å². The largest absolute Gasteiger partial charge is 0.461 e. The third-order valence-electron chi connectivity index (χ3n) is 5.42. The Morgan fingerprint density at radius 2 is 1.97 bits per heavy atom. The van der Waals surface area contributed by atoms with Crippen LogP contribution in [-0.2, 0) is 48.0 Å². The molecule has 1 aliphatic heterocycles. The molecule has 0 bridgehead atoms. The number of rotatable bonds is 12. The van der Waals surface area contributed by atoms with Gasteiger partial charge in [-0.3, -0.25) is 14.4 Å². The standard InChI is InChI=1S/C26H36O6/c1-3-24(28)11-7-4-6-10-22-16-21(18-31-20(2)27)13-14-23(22)17-26(29)32-25-12-8-5-9-15-30-19-25/h8,12-14,16,25H,3-7,9-11,15,17-19H2,1-2H3/b12-8+. The molecule has 176 valence electrons. The number of aryl methyl sites for hydroxylation is 1. The number of hydrogen-bond acceptors (Lipinski definition) is 6. The summed E-state index contributed by atoms with van der Waals surface area (Å²) < 4.78 is 16.3. The summed E-state index contributed by atoms with van der Waals surface area (Å²) in [6.07, 6.45) is 10.4. The monoisotopic (exact) mass is 444 g/mol. The summed E-state index contributed by atoms with van der Waals surface area (Å²) in [7, 11) is 0. The summed E-state index contributed by atoms with van der Waals surface area (Å²) in [5.41, 5.74) is 2.87. The molecular weight excluding hydrogens is 408 g/mol. The number of ether oxygens (including phenoxy) is 3. The lowest BCUT2D eigenvalue weighted by atomic mass is 9.96. The van der Waals surface area contributed by atoms with Crippen LogP contribution in [0.4, 0.5) is 0 Å². The third kappa shape index (κ3) is 10.2. The van der Waals surface area contributed by atoms with E-state index in [1.807, 2.05) is 37.3 Å². The van der Waals surface area contributed by atoms with E-state index in [1.165, 1.54) is 6.92 Å². The molecule has 0 amide bonds. The highest BCUT2D eigenvalue weighted by Gasteiger charge is 2.16. The lowest BCUT2D eigenvalue weighted by molar-refractivity contribution is -0.148. The Balaban J connectivity index is 1.99. The number of allylic oxidation sites excluding steroid dienone is 1. The van der Waals surface area contributed by atoms with Crippen molar-refractivity contribution < 1.29 is 28.6 Å². The van der Waals surface area contributed by atoms with E-state index in [0.29, 0.717) is 31.8 Å². The summed E-state index contributed by atoms with van der Waals surface area (Å²) >= 11 is 0. The molecule has 1 heterocycles. The molecule has 0 saturated heterocycles. The summed E-state index contributed by atoms with van der Waals surface area (Å²) in [4.78, 5) is 35.2. The second kappa shape index (κ2) is 14.6. The minimum atomic E-state index is -0.356. The van der Waals surface area contributed by atoms with Crippen molar-refractivity contribution >= 4 is 17.7 Å². The average molecular weight is 445 g/mol. The van der Waals surface area contributed by atoms with Gasteiger partial charge in [0, 0.05) is 26.4 Å². The van der Waals surface area contributed by atoms with Gasteiger partial charge in [-0.2, -0.15) is 0 Å². The van der Waals surface area contributed by atoms with E-state index in [9.17, 15) is 14.4 Å². The van der Waals surface area contributed by atoms with Crippen LogP contribution in [0.25, 0.3) is 0 Å². The SMILES string of the molecule is CCC(=O)CCCCCc1cc(COC(C)=O)ccc1CC(=O)OC1/C=C/CCCOC1. The van der Waals surface area contributed by atoms with Crippen molar-refractivity contribution in [3.8, 4) is 0 Å². The van der Waals surface area contributed by atoms with E-state index in [4.69, 9.17) is 14.2 Å². The van der Waals surface area contributed by atoms with Crippen LogP contribution >= 0.6 is 0 Å². The highest BCUT2D eigenvalue weighted by Crippen LogP contribution is 2.19. The summed E-state index contributed by atoms with van der Waals surface area (Å²) in [5, 5.41) is 0. The molecule has 1 atom stereocenters. The fourth-order valence-corrected chi connectivity index (χ4v) is 3.60. The first-order valence-corrected chi connectivity index (χ1v) is 11.7. The molecule has 0 spiro atoms. The Labute approximate surface area is 191 Å². The van der Waals surface area contributed by atoms with E-state index >= 15 is 0 Å². The molecule has 0 aromatic heterocycles. The maximum atomic E-state index is 12.6. The average Bonchev–Trinajstić information content (AvgIpc) is 2.74. The molecule has 1 aromatic rings. The maximum Gasteiger partial charge on any atom is 0.310 e. The number of unbranched alkanes of at least 4 members (excludes halogenated alkanes) is 2. The number of carbonyl (C=O) groups is 3. The molecule has 1 unspecified atom stereocenters. The number of carbonyl (C=O) groups excluding carboxylic acids is 3. The van der Waals surface area contributed by atoms with Gasteiger partial charge in [0.2, 0.25) is 0 Å². The first-order valence-electron chi connectivity index (χ1n) is 11.7. The van der Waals surface area contributed by atoms with Crippen LogP contribution in [0.15, 0.2) is 30.4 Å². The highest BCUT2D eigenvalue weighted by molar-refractivity contribution is 5.77. The molecule has 0 radical (unpaired) electrons. The molecule has 32 heavy (non-hydrogen) atoms. The van der Waals surface area contributed by atoms with Crippen molar-refractivity contribution in [2.75, 3.05) is 13.2 Å². The van der Waals surface area contributed by atoms with Gasteiger partial charge in [-0.25, -0.2) is 0 Å². The van der Waals surface area contributed by atoms with Crippen molar-refractivity contribution in [1.82, 2.24) is 0 Å². The van der Waals surface area contributed by atoms with Crippen molar-refractivity contribution in [1.29, 1.82) is 0 Å². The normalized spacial score (nSPS) is 17.1. The number of benzene rings is 1. The Hall–Kier alpha value is -2.47. The Bertz CT molecular complexity index is 783. The zero-order chi connectivity index (χ0) is 23.2. The van der Waals surface area contributed by atoms with Crippen LogP contribution in [0.5, 0.6) is 0 Å². The van der Waals surface area contributed by atoms with Crippen LogP contribution in [0, 0.1) is 0 Å². The van der Waals surface area contributed by atoms with Gasteiger partial charge in [0.05, 0.1) is 13.0 Å². The van der Waals surface area contributed by atoms with Gasteiger partial charge < -0.3 is 14.2 Å². The van der Waals surface area contributed by atoms with Crippen molar-refractivity contribution in [3.63, 3.8) is 0 Å². The van der Waals surface area contributed by atoms with Crippen LogP contribution in [0.3, 0.4) is 0 Å². The zero-order valence-electron chi connectivity index (χ0n) is 19.4. The summed E-state index contributed by atoms with van der Waals surface area (Å²) in [6.45, 7) is 4.54. The van der Waals surface area contributed by atoms with E-state index in [-0.39, 0.29) is 31.1 Å². The predicted molar refractivity (Wildman–Crippen MR) is 122 cm³/mol. The Kier molecular flexibility index (Phi) is 11.7. The molecule has 6 heteroatoms. The number of Topliss-reactive ketones (excluding diaryl/α,β-unsaturated/α-hetero) is 1. The predicted octanol–water partition coefficient (Wildman–Crippen LogP) is 4.65. The molecule has 1 aromatic carbocycles. The van der Waals surface area contributed by atoms with E-state index in [2.05, 4.69) is 0 Å². The number of ketones is 1. The van der Waals surface area contributed by atoms with Gasteiger partial charge in [-0.05, 0) is 54.9 Å². The Morgan fingerprint density at radius 3 is 2.75 bits per heavy atom. The Morgan fingerprint density at radius 1 is 1.12 bits per heavy atom. The van der Waals surface area contributed by atoms with E-state index in [0.717, 1.165) is 55.2 Å². The van der Waals surface area contributed by atoms with Crippen LogP contribution in [-0.4, -0.2) is 37.0 Å². The number of hydrogen-bond donors (Lipinski definition) is 0. The fraction of sp³-hybridized carbons (Fsp3) is 0.577. The quantitative estimate of drug-likeness (QED) is 0.265. The van der Waals surface area contributed by atoms with Crippen LogP contribution in [0.2, 0.25) is 0 Å². The second-order valence-corrected chi connectivity index (χ2v) is 8.19. The van der Waals surface area contributed by atoms with Gasteiger partial charge in [-0.15, -0.1) is 0 Å². The van der Waals surface area contributed by atoms with Crippen molar-refractivity contribution in [3.05, 3.63) is 47.0 Å². The molecule has 1 aliphatic rings. The van der Waals surface area contributed by atoms with E-state index in [1.54, 1.807) is 0 Å². The second-order valence-electron chi connectivity index (χ2n) is 8.19. The van der Waals surface area contributed by atoms with Crippen LogP contribution in [0.1, 0.15) is 75.5 Å². The lowest BCUT2D eigenvalue weighted by Crippen LogP contribution is -2.24. The fourth-order valence-electron chi connectivity index (χ4n) is 3.60. The smallest absolute Gasteiger partial charge is 0.310 e. The molecule has 6 nitrogen and oxygen atoms in total. The molecule has 0 aliphatic carbocycles. The summed E-state index contributed by atoms with van der Waals surface area (Å²) in [6, 6.07) is 5.80. The minimum absolute atomic E-state index is 0.182. The molecule has 0 fully saturated rings. The van der Waals surface area contributed by atoms with Crippen molar-refractivity contribution in [2.24, 2.45) is 0 Å². The summed E-state index contributed by atoms with van der Waals surface area (Å²) in [5.74, 6) is -0.315. The van der Waals surface area contributed by atoms with Gasteiger partial charge in [0.25, 0.3) is 0 Å². The van der Waals surface area contributed by atoms with Gasteiger partial charge >= 0.3 is 11.9 Å². The van der Waals surface area contributed by atoms with Crippen LogP contribution < -0.4 is 0 Å². The minimum Gasteiger partial charge on any atom is -0.461 e. The highest BCUT2D eigenvalue weighted by atomic mass is 16.6. The van der Waals surface area contributed by atoms with Gasteiger partial charge in [0.15, 0.2) is 0 Å². The number of esters is 2. The molecular formula is C26H36O6. The molecule has 0 N–H and O–H groups in total. The molecule has 2 rings (SSSR count). The first-order chi connectivity index (χ1) is 15.5. The maximum absolute atomic E-state index is 12.6.